The molecule has 0 spiro atoms. The molecule has 2 heterocycles. The second-order valence-corrected chi connectivity index (χ2v) is 6.30. The van der Waals surface area contributed by atoms with Crippen LogP contribution in [0.2, 0.25) is 0 Å². The first kappa shape index (κ1) is 17.0. The van der Waals surface area contributed by atoms with Gasteiger partial charge in [-0.3, -0.25) is 14.7 Å². The molecule has 3 aromatic rings. The zero-order valence-corrected chi connectivity index (χ0v) is 14.8. The van der Waals surface area contributed by atoms with Crippen LogP contribution in [0.5, 0.6) is 0 Å². The molecular formula is C20H18N4O3. The van der Waals surface area contributed by atoms with Crippen LogP contribution >= 0.6 is 0 Å². The highest BCUT2D eigenvalue weighted by atomic mass is 16.6. The molecule has 27 heavy (non-hydrogen) atoms. The SMILES string of the molecule is C[C@H](NC(=O)c1cnc2ccccc2n1)c1ccc(N2CCOC2=O)cc1. The van der Waals surface area contributed by atoms with Gasteiger partial charge in [0.1, 0.15) is 12.3 Å². The number of carbonyl (C=O) groups excluding carboxylic acids is 2. The van der Waals surface area contributed by atoms with Gasteiger partial charge in [-0.15, -0.1) is 0 Å². The van der Waals surface area contributed by atoms with Crippen LogP contribution in [0, 0.1) is 0 Å². The van der Waals surface area contributed by atoms with Crippen LogP contribution in [-0.2, 0) is 4.74 Å². The summed E-state index contributed by atoms with van der Waals surface area (Å²) in [6, 6.07) is 14.7. The average molecular weight is 362 g/mol. The molecule has 136 valence electrons. The van der Waals surface area contributed by atoms with Crippen molar-refractivity contribution in [3.63, 3.8) is 0 Å². The van der Waals surface area contributed by atoms with Gasteiger partial charge < -0.3 is 10.1 Å². The summed E-state index contributed by atoms with van der Waals surface area (Å²) in [7, 11) is 0. The molecule has 1 aromatic heterocycles. The van der Waals surface area contributed by atoms with Crippen LogP contribution < -0.4 is 10.2 Å². The molecule has 0 radical (unpaired) electrons. The minimum Gasteiger partial charge on any atom is -0.447 e. The van der Waals surface area contributed by atoms with E-state index in [-0.39, 0.29) is 23.7 Å². The monoisotopic (exact) mass is 362 g/mol. The molecule has 4 rings (SSSR count). The van der Waals surface area contributed by atoms with Crippen LogP contribution in [0.15, 0.2) is 54.7 Å². The topological polar surface area (TPSA) is 84.4 Å². The van der Waals surface area contributed by atoms with Gasteiger partial charge in [0.25, 0.3) is 5.91 Å². The number of amides is 2. The van der Waals surface area contributed by atoms with Crippen LogP contribution in [0.4, 0.5) is 10.5 Å². The van der Waals surface area contributed by atoms with E-state index in [0.717, 1.165) is 16.8 Å². The van der Waals surface area contributed by atoms with E-state index in [1.165, 1.54) is 6.20 Å². The first-order valence-electron chi connectivity index (χ1n) is 8.69. The molecule has 0 unspecified atom stereocenters. The van der Waals surface area contributed by atoms with Gasteiger partial charge >= 0.3 is 6.09 Å². The van der Waals surface area contributed by atoms with Crippen LogP contribution in [-0.4, -0.2) is 35.1 Å². The molecule has 7 heteroatoms. The Hall–Kier alpha value is -3.48. The molecule has 1 fully saturated rings. The predicted molar refractivity (Wildman–Crippen MR) is 101 cm³/mol. The maximum absolute atomic E-state index is 12.5. The number of aromatic nitrogens is 2. The zero-order chi connectivity index (χ0) is 18.8. The number of nitrogens with one attached hydrogen (secondary N) is 1. The highest BCUT2D eigenvalue weighted by molar-refractivity contribution is 5.94. The predicted octanol–water partition coefficient (Wildman–Crippen LogP) is 3.08. The summed E-state index contributed by atoms with van der Waals surface area (Å²) in [6.07, 6.45) is 1.14. The second kappa shape index (κ2) is 7.03. The van der Waals surface area contributed by atoms with E-state index >= 15 is 0 Å². The molecule has 1 aliphatic rings. The lowest BCUT2D eigenvalue weighted by Gasteiger charge is -2.17. The van der Waals surface area contributed by atoms with Gasteiger partial charge in [0.2, 0.25) is 0 Å². The van der Waals surface area contributed by atoms with E-state index in [0.29, 0.717) is 18.7 Å². The standard InChI is InChI=1S/C20H18N4O3/c1-13(14-6-8-15(9-7-14)24-10-11-27-20(24)26)22-19(25)18-12-21-16-4-2-3-5-17(16)23-18/h2-9,12-13H,10-11H2,1H3,(H,22,25)/t13-/m0/s1. The summed E-state index contributed by atoms with van der Waals surface area (Å²) in [6.45, 7) is 2.84. The normalized spacial score (nSPS) is 14.9. The Bertz CT molecular complexity index is 1000. The van der Waals surface area contributed by atoms with Gasteiger partial charge in [-0.25, -0.2) is 9.78 Å². The van der Waals surface area contributed by atoms with Crippen molar-refractivity contribution < 1.29 is 14.3 Å². The summed E-state index contributed by atoms with van der Waals surface area (Å²) in [5, 5.41) is 2.93. The first-order valence-corrected chi connectivity index (χ1v) is 8.69. The van der Waals surface area contributed by atoms with Gasteiger partial charge in [-0.05, 0) is 36.8 Å². The van der Waals surface area contributed by atoms with Crippen LogP contribution in [0.3, 0.4) is 0 Å². The lowest BCUT2D eigenvalue weighted by molar-refractivity contribution is 0.0935. The van der Waals surface area contributed by atoms with Gasteiger partial charge in [0, 0.05) is 5.69 Å². The minimum absolute atomic E-state index is 0.217. The smallest absolute Gasteiger partial charge is 0.414 e. The second-order valence-electron chi connectivity index (χ2n) is 6.30. The molecule has 2 amide bonds. The van der Waals surface area contributed by atoms with Crippen molar-refractivity contribution in [3.05, 3.63) is 66.0 Å². The molecule has 0 aliphatic carbocycles. The Morgan fingerprint density at radius 3 is 2.59 bits per heavy atom. The largest absolute Gasteiger partial charge is 0.447 e. The number of fused-ring (bicyclic) bond motifs is 1. The number of para-hydroxylation sites is 2. The Kier molecular flexibility index (Phi) is 4.42. The summed E-state index contributed by atoms with van der Waals surface area (Å²) >= 11 is 0. The van der Waals surface area contributed by atoms with E-state index < -0.39 is 0 Å². The van der Waals surface area contributed by atoms with Crippen molar-refractivity contribution in [2.75, 3.05) is 18.1 Å². The molecular weight excluding hydrogens is 344 g/mol. The molecule has 0 bridgehead atoms. The highest BCUT2D eigenvalue weighted by Crippen LogP contribution is 2.22. The molecule has 1 aliphatic heterocycles. The molecule has 1 N–H and O–H groups in total. The van der Waals surface area contributed by atoms with E-state index in [1.807, 2.05) is 55.5 Å². The maximum atomic E-state index is 12.5. The fourth-order valence-electron chi connectivity index (χ4n) is 2.99. The van der Waals surface area contributed by atoms with E-state index in [9.17, 15) is 9.59 Å². The van der Waals surface area contributed by atoms with Crippen molar-refractivity contribution in [2.24, 2.45) is 0 Å². The van der Waals surface area contributed by atoms with Gasteiger partial charge in [-0.2, -0.15) is 0 Å². The number of nitrogens with zero attached hydrogens (tertiary/aromatic N) is 3. The molecule has 0 saturated carbocycles. The molecule has 1 atom stereocenters. The number of rotatable bonds is 4. The van der Waals surface area contributed by atoms with Gasteiger partial charge in [-0.1, -0.05) is 24.3 Å². The van der Waals surface area contributed by atoms with E-state index in [4.69, 9.17) is 4.74 Å². The molecule has 1 saturated heterocycles. The number of carbonyl (C=O) groups is 2. The number of hydrogen-bond acceptors (Lipinski definition) is 5. The van der Waals surface area contributed by atoms with Crippen molar-refractivity contribution >= 4 is 28.7 Å². The summed E-state index contributed by atoms with van der Waals surface area (Å²) in [5.74, 6) is -0.284. The number of ether oxygens (including phenoxy) is 1. The van der Waals surface area contributed by atoms with Crippen molar-refractivity contribution in [3.8, 4) is 0 Å². The first-order chi connectivity index (χ1) is 13.1. The number of benzene rings is 2. The number of cyclic esters (lactones) is 1. The minimum atomic E-state index is -0.334. The van der Waals surface area contributed by atoms with Crippen molar-refractivity contribution in [2.45, 2.75) is 13.0 Å². The highest BCUT2D eigenvalue weighted by Gasteiger charge is 2.23. The van der Waals surface area contributed by atoms with Crippen LogP contribution in [0.1, 0.15) is 29.0 Å². The summed E-state index contributed by atoms with van der Waals surface area (Å²) < 4.78 is 4.95. The van der Waals surface area contributed by atoms with Crippen molar-refractivity contribution in [1.82, 2.24) is 15.3 Å². The number of hydrogen-bond donors (Lipinski definition) is 1. The van der Waals surface area contributed by atoms with Gasteiger partial charge in [0.15, 0.2) is 0 Å². The van der Waals surface area contributed by atoms with Crippen molar-refractivity contribution in [1.29, 1.82) is 0 Å². The third-order valence-electron chi connectivity index (χ3n) is 4.49. The van der Waals surface area contributed by atoms with E-state index in [2.05, 4.69) is 15.3 Å². The Balaban J connectivity index is 1.46. The maximum Gasteiger partial charge on any atom is 0.414 e. The Morgan fingerprint density at radius 2 is 1.89 bits per heavy atom. The summed E-state index contributed by atoms with van der Waals surface area (Å²) in [4.78, 5) is 34.3. The fourth-order valence-corrected chi connectivity index (χ4v) is 2.99. The van der Waals surface area contributed by atoms with E-state index in [1.54, 1.807) is 4.90 Å². The molecule has 2 aromatic carbocycles. The zero-order valence-electron chi connectivity index (χ0n) is 14.8. The lowest BCUT2D eigenvalue weighted by atomic mass is 10.1. The van der Waals surface area contributed by atoms with Crippen LogP contribution in [0.25, 0.3) is 11.0 Å². The lowest BCUT2D eigenvalue weighted by Crippen LogP contribution is -2.28. The Labute approximate surface area is 156 Å². The average Bonchev–Trinajstić information content (AvgIpc) is 3.13. The summed E-state index contributed by atoms with van der Waals surface area (Å²) in [5.41, 5.74) is 3.41. The van der Waals surface area contributed by atoms with Gasteiger partial charge in [0.05, 0.1) is 29.8 Å². The fraction of sp³-hybridized carbons (Fsp3) is 0.200. The molecule has 7 nitrogen and oxygen atoms in total. The quantitative estimate of drug-likeness (QED) is 0.771. The third kappa shape index (κ3) is 3.44. The number of anilines is 1. The Morgan fingerprint density at radius 1 is 1.15 bits per heavy atom. The third-order valence-corrected chi connectivity index (χ3v) is 4.49.